The number of hydrogen-bond donors (Lipinski definition) is 0. The first kappa shape index (κ1) is 20.7. The fourth-order valence-corrected chi connectivity index (χ4v) is 3.82. The molecule has 8 heteroatoms. The number of anilines is 2. The Morgan fingerprint density at radius 1 is 0.970 bits per heavy atom. The fourth-order valence-electron chi connectivity index (χ4n) is 3.82. The largest absolute Gasteiger partial charge is 0.497 e. The molecule has 0 saturated carbocycles. The zero-order valence-electron chi connectivity index (χ0n) is 18.8. The summed E-state index contributed by atoms with van der Waals surface area (Å²) in [5.41, 5.74) is 6.25. The molecule has 4 aromatic rings. The molecule has 5 rings (SSSR count). The molecule has 0 unspecified atom stereocenters. The molecule has 166 valence electrons. The molecule has 2 aromatic carbocycles. The maximum absolute atomic E-state index is 5.51. The lowest BCUT2D eigenvalue weighted by Crippen LogP contribution is -2.24. The van der Waals surface area contributed by atoms with Crippen LogP contribution in [0, 0.1) is 0 Å². The first-order valence-electron chi connectivity index (χ1n) is 10.6. The third-order valence-corrected chi connectivity index (χ3v) is 5.52. The number of nitrogens with zero attached hydrogens (tertiary/aromatic N) is 6. The zero-order valence-corrected chi connectivity index (χ0v) is 18.8. The van der Waals surface area contributed by atoms with Crippen LogP contribution in [0.2, 0.25) is 0 Å². The van der Waals surface area contributed by atoms with Crippen molar-refractivity contribution in [1.29, 1.82) is 0 Å². The Balaban J connectivity index is 1.60. The van der Waals surface area contributed by atoms with Gasteiger partial charge in [-0.25, -0.2) is 4.98 Å². The van der Waals surface area contributed by atoms with Gasteiger partial charge in [0.1, 0.15) is 11.5 Å². The first-order chi connectivity index (χ1) is 16.1. The summed E-state index contributed by atoms with van der Waals surface area (Å²) < 4.78 is 12.8. The van der Waals surface area contributed by atoms with Crippen LogP contribution >= 0.6 is 0 Å². The predicted molar refractivity (Wildman–Crippen MR) is 130 cm³/mol. The number of fused-ring (bicyclic) bond motifs is 1. The second kappa shape index (κ2) is 8.74. The highest BCUT2D eigenvalue weighted by molar-refractivity contribution is 6.01. The van der Waals surface area contributed by atoms with E-state index in [-0.39, 0.29) is 0 Å². The number of aromatic nitrogens is 4. The molecule has 3 heterocycles. The minimum Gasteiger partial charge on any atom is -0.497 e. The topological polar surface area (TPSA) is 77.7 Å². The quantitative estimate of drug-likeness (QED) is 0.429. The van der Waals surface area contributed by atoms with Crippen LogP contribution in [0.5, 0.6) is 11.5 Å². The van der Waals surface area contributed by atoms with Crippen molar-refractivity contribution in [3.8, 4) is 22.8 Å². The number of rotatable bonds is 7. The molecule has 0 N–H and O–H groups in total. The van der Waals surface area contributed by atoms with Gasteiger partial charge in [-0.05, 0) is 24.3 Å². The molecular weight excluding hydrogens is 416 g/mol. The second-order valence-corrected chi connectivity index (χ2v) is 7.72. The molecule has 0 atom stereocenters. The standard InChI is InChI=1S/C25H24N6O2/c1-30-15-17(13-28-30)25-14-27-23-7-6-19(11-24(23)29-25)31(16-18-5-4-8-26-18)20-9-21(32-2)12-22(10-20)33-3/h4-7,9-15H,8,16H2,1-3H3. The molecule has 2 aromatic heterocycles. The summed E-state index contributed by atoms with van der Waals surface area (Å²) in [6.07, 6.45) is 9.62. The van der Waals surface area contributed by atoms with E-state index >= 15 is 0 Å². The molecule has 0 saturated heterocycles. The third-order valence-electron chi connectivity index (χ3n) is 5.52. The summed E-state index contributed by atoms with van der Waals surface area (Å²) in [4.78, 5) is 16.2. The summed E-state index contributed by atoms with van der Waals surface area (Å²) in [7, 11) is 5.19. The molecule has 0 amide bonds. The highest BCUT2D eigenvalue weighted by Crippen LogP contribution is 2.34. The normalized spacial score (nSPS) is 12.8. The van der Waals surface area contributed by atoms with E-state index in [1.807, 2.05) is 49.6 Å². The van der Waals surface area contributed by atoms with Crippen LogP contribution in [-0.2, 0) is 7.05 Å². The van der Waals surface area contributed by atoms with Gasteiger partial charge in [0.2, 0.25) is 0 Å². The van der Waals surface area contributed by atoms with Crippen molar-refractivity contribution < 1.29 is 9.47 Å². The molecular formula is C25H24N6O2. The number of aryl methyl sites for hydroxylation is 1. The van der Waals surface area contributed by atoms with Gasteiger partial charge in [0.25, 0.3) is 0 Å². The van der Waals surface area contributed by atoms with Gasteiger partial charge in [0, 0.05) is 48.4 Å². The predicted octanol–water partition coefficient (Wildman–Crippen LogP) is 4.20. The number of aliphatic imine (C=N–C) groups is 1. The summed E-state index contributed by atoms with van der Waals surface area (Å²) >= 11 is 0. The van der Waals surface area contributed by atoms with Crippen molar-refractivity contribution >= 4 is 28.1 Å². The zero-order chi connectivity index (χ0) is 22.8. The van der Waals surface area contributed by atoms with Gasteiger partial charge in [0.15, 0.2) is 0 Å². The Hall–Kier alpha value is -4.20. The van der Waals surface area contributed by atoms with E-state index in [1.54, 1.807) is 31.3 Å². The maximum atomic E-state index is 5.51. The Kier molecular flexibility index (Phi) is 5.48. The van der Waals surface area contributed by atoms with Gasteiger partial charge in [-0.1, -0.05) is 6.08 Å². The number of ether oxygens (including phenoxy) is 2. The summed E-state index contributed by atoms with van der Waals surface area (Å²) in [5.74, 6) is 1.44. The lowest BCUT2D eigenvalue weighted by Gasteiger charge is -2.26. The smallest absolute Gasteiger partial charge is 0.124 e. The van der Waals surface area contributed by atoms with E-state index in [4.69, 9.17) is 14.5 Å². The highest BCUT2D eigenvalue weighted by atomic mass is 16.5. The molecule has 0 radical (unpaired) electrons. The lowest BCUT2D eigenvalue weighted by atomic mass is 10.1. The van der Waals surface area contributed by atoms with Gasteiger partial charge < -0.3 is 14.4 Å². The van der Waals surface area contributed by atoms with Crippen molar-refractivity contribution in [3.05, 3.63) is 67.1 Å². The Morgan fingerprint density at radius 3 is 2.45 bits per heavy atom. The SMILES string of the molecule is COc1cc(OC)cc(N(CC2=NCC=C2)c2ccc3ncc(-c4cnn(C)c4)nc3c2)c1. The molecule has 0 fully saturated rings. The summed E-state index contributed by atoms with van der Waals surface area (Å²) in [6, 6.07) is 11.9. The van der Waals surface area contributed by atoms with E-state index < -0.39 is 0 Å². The lowest BCUT2D eigenvalue weighted by molar-refractivity contribution is 0.394. The van der Waals surface area contributed by atoms with Crippen LogP contribution in [0.3, 0.4) is 0 Å². The van der Waals surface area contributed by atoms with E-state index in [0.29, 0.717) is 13.1 Å². The molecule has 0 spiro atoms. The van der Waals surface area contributed by atoms with Gasteiger partial charge in [-0.15, -0.1) is 0 Å². The molecule has 8 nitrogen and oxygen atoms in total. The van der Waals surface area contributed by atoms with Crippen molar-refractivity contribution in [1.82, 2.24) is 19.7 Å². The van der Waals surface area contributed by atoms with E-state index in [1.165, 1.54) is 0 Å². The van der Waals surface area contributed by atoms with Crippen LogP contribution in [0.25, 0.3) is 22.3 Å². The average molecular weight is 441 g/mol. The Bertz CT molecular complexity index is 1350. The van der Waals surface area contributed by atoms with Crippen LogP contribution < -0.4 is 14.4 Å². The molecule has 33 heavy (non-hydrogen) atoms. The minimum atomic E-state index is 0.605. The monoisotopic (exact) mass is 440 g/mol. The van der Waals surface area contributed by atoms with Crippen LogP contribution in [0.15, 0.2) is 72.1 Å². The number of benzene rings is 2. The van der Waals surface area contributed by atoms with Gasteiger partial charge >= 0.3 is 0 Å². The average Bonchev–Trinajstić information content (AvgIpc) is 3.53. The van der Waals surface area contributed by atoms with E-state index in [0.717, 1.165) is 50.9 Å². The van der Waals surface area contributed by atoms with Crippen molar-refractivity contribution in [2.24, 2.45) is 12.0 Å². The van der Waals surface area contributed by atoms with Gasteiger partial charge in [-0.3, -0.25) is 14.7 Å². The number of hydrogen-bond acceptors (Lipinski definition) is 7. The minimum absolute atomic E-state index is 0.605. The number of methoxy groups -OCH3 is 2. The molecule has 0 aliphatic carbocycles. The van der Waals surface area contributed by atoms with E-state index in [2.05, 4.69) is 32.1 Å². The summed E-state index contributed by atoms with van der Waals surface area (Å²) in [5, 5.41) is 4.25. The molecule has 1 aliphatic heterocycles. The Labute approximate surface area is 191 Å². The van der Waals surface area contributed by atoms with Gasteiger partial charge in [-0.2, -0.15) is 5.10 Å². The van der Waals surface area contributed by atoms with Crippen molar-refractivity contribution in [2.45, 2.75) is 0 Å². The van der Waals surface area contributed by atoms with Crippen LogP contribution in [0.1, 0.15) is 0 Å². The second-order valence-electron chi connectivity index (χ2n) is 7.72. The van der Waals surface area contributed by atoms with Crippen LogP contribution in [0.4, 0.5) is 11.4 Å². The maximum Gasteiger partial charge on any atom is 0.124 e. The molecule has 1 aliphatic rings. The van der Waals surface area contributed by atoms with Crippen molar-refractivity contribution in [2.75, 3.05) is 32.2 Å². The van der Waals surface area contributed by atoms with E-state index in [9.17, 15) is 0 Å². The Morgan fingerprint density at radius 2 is 1.79 bits per heavy atom. The third kappa shape index (κ3) is 4.27. The van der Waals surface area contributed by atoms with Crippen LogP contribution in [-0.4, -0.2) is 52.8 Å². The highest BCUT2D eigenvalue weighted by Gasteiger charge is 2.17. The van der Waals surface area contributed by atoms with Crippen molar-refractivity contribution in [3.63, 3.8) is 0 Å². The summed E-state index contributed by atoms with van der Waals surface area (Å²) in [6.45, 7) is 1.32. The molecule has 0 bridgehead atoms. The van der Waals surface area contributed by atoms with Gasteiger partial charge in [0.05, 0.1) is 62.1 Å². The fraction of sp³-hybridized carbons (Fsp3) is 0.200. The first-order valence-corrected chi connectivity index (χ1v) is 10.6.